The number of hydrogen-bond acceptors (Lipinski definition) is 5. The maximum Gasteiger partial charge on any atom is 0.269 e. The number of aliphatic hydroxyl groups excluding tert-OH is 1. The molecular formula is C17H18ClN3O3. The second kappa shape index (κ2) is 7.25. The van der Waals surface area contributed by atoms with Gasteiger partial charge in [-0.05, 0) is 30.9 Å². The van der Waals surface area contributed by atoms with E-state index in [4.69, 9.17) is 11.6 Å². The van der Waals surface area contributed by atoms with E-state index in [0.29, 0.717) is 5.15 Å². The van der Waals surface area contributed by atoms with E-state index in [1.165, 1.54) is 12.1 Å². The van der Waals surface area contributed by atoms with Crippen LogP contribution in [0.1, 0.15) is 30.1 Å². The third kappa shape index (κ3) is 3.90. The Hall–Kier alpha value is -2.02. The molecule has 0 spiro atoms. The van der Waals surface area contributed by atoms with Crippen LogP contribution in [0.3, 0.4) is 0 Å². The molecular weight excluding hydrogens is 330 g/mol. The van der Waals surface area contributed by atoms with Gasteiger partial charge in [-0.25, -0.2) is 4.98 Å². The molecule has 1 saturated heterocycles. The van der Waals surface area contributed by atoms with Gasteiger partial charge in [0.05, 0.1) is 11.0 Å². The monoisotopic (exact) mass is 347 g/mol. The zero-order valence-electron chi connectivity index (χ0n) is 12.9. The van der Waals surface area contributed by atoms with Crippen LogP contribution in [0, 0.1) is 10.1 Å². The Bertz CT molecular complexity index is 706. The molecule has 3 rings (SSSR count). The van der Waals surface area contributed by atoms with Gasteiger partial charge in [0.2, 0.25) is 0 Å². The molecule has 1 aromatic heterocycles. The molecule has 2 aromatic rings. The minimum absolute atomic E-state index is 0.0315. The first kappa shape index (κ1) is 16.8. The van der Waals surface area contributed by atoms with Crippen LogP contribution in [-0.2, 0) is 6.42 Å². The highest BCUT2D eigenvalue weighted by molar-refractivity contribution is 6.29. The highest BCUT2D eigenvalue weighted by Gasteiger charge is 2.30. The first-order chi connectivity index (χ1) is 11.5. The van der Waals surface area contributed by atoms with Gasteiger partial charge in [0.1, 0.15) is 5.15 Å². The summed E-state index contributed by atoms with van der Waals surface area (Å²) in [6.07, 6.45) is 3.55. The predicted molar refractivity (Wildman–Crippen MR) is 91.0 cm³/mol. The van der Waals surface area contributed by atoms with E-state index in [-0.39, 0.29) is 17.8 Å². The van der Waals surface area contributed by atoms with Crippen molar-refractivity contribution in [1.29, 1.82) is 0 Å². The zero-order valence-corrected chi connectivity index (χ0v) is 13.7. The van der Waals surface area contributed by atoms with Crippen molar-refractivity contribution in [1.82, 2.24) is 10.3 Å². The highest BCUT2D eigenvalue weighted by atomic mass is 35.5. The van der Waals surface area contributed by atoms with Crippen molar-refractivity contribution in [3.05, 3.63) is 69.0 Å². The van der Waals surface area contributed by atoms with Crippen molar-refractivity contribution >= 4 is 17.3 Å². The van der Waals surface area contributed by atoms with Crippen molar-refractivity contribution in [2.45, 2.75) is 37.5 Å². The van der Waals surface area contributed by atoms with E-state index >= 15 is 0 Å². The summed E-state index contributed by atoms with van der Waals surface area (Å²) in [5.41, 5.74) is 1.89. The fourth-order valence-corrected chi connectivity index (χ4v) is 3.20. The average Bonchev–Trinajstić information content (AvgIpc) is 3.04. The van der Waals surface area contributed by atoms with Crippen LogP contribution < -0.4 is 5.32 Å². The van der Waals surface area contributed by atoms with Crippen LogP contribution in [0.4, 0.5) is 5.69 Å². The summed E-state index contributed by atoms with van der Waals surface area (Å²) in [6.45, 7) is 0. The van der Waals surface area contributed by atoms with Gasteiger partial charge in [-0.15, -0.1) is 0 Å². The predicted octanol–water partition coefficient (Wildman–Crippen LogP) is 3.04. The molecule has 1 aliphatic rings. The summed E-state index contributed by atoms with van der Waals surface area (Å²) in [5.74, 6) is 0. The normalized spacial score (nSPS) is 21.6. The van der Waals surface area contributed by atoms with Gasteiger partial charge in [-0.1, -0.05) is 29.8 Å². The number of halogens is 1. The number of aliphatic hydroxyl groups is 1. The number of rotatable bonds is 5. The van der Waals surface area contributed by atoms with Crippen molar-refractivity contribution in [3.8, 4) is 0 Å². The van der Waals surface area contributed by atoms with Crippen LogP contribution in [0.25, 0.3) is 0 Å². The number of pyridine rings is 1. The molecule has 0 amide bonds. The van der Waals surface area contributed by atoms with Gasteiger partial charge in [-0.2, -0.15) is 0 Å². The van der Waals surface area contributed by atoms with E-state index in [1.54, 1.807) is 30.5 Å². The Morgan fingerprint density at radius 3 is 2.67 bits per heavy atom. The number of aromatic nitrogens is 1. The molecule has 1 fully saturated rings. The molecule has 0 saturated carbocycles. The number of nitrogens with one attached hydrogen (secondary N) is 1. The van der Waals surface area contributed by atoms with E-state index in [0.717, 1.165) is 30.4 Å². The first-order valence-corrected chi connectivity index (χ1v) is 8.19. The summed E-state index contributed by atoms with van der Waals surface area (Å²) in [4.78, 5) is 14.3. The quantitative estimate of drug-likeness (QED) is 0.493. The Kier molecular flexibility index (Phi) is 5.08. The van der Waals surface area contributed by atoms with Crippen LogP contribution >= 0.6 is 11.6 Å². The van der Waals surface area contributed by atoms with Gasteiger partial charge in [0.25, 0.3) is 5.69 Å². The largest absolute Gasteiger partial charge is 0.387 e. The Morgan fingerprint density at radius 2 is 2.04 bits per heavy atom. The molecule has 24 heavy (non-hydrogen) atoms. The molecule has 0 bridgehead atoms. The molecule has 3 atom stereocenters. The lowest BCUT2D eigenvalue weighted by atomic mass is 10.0. The summed E-state index contributed by atoms with van der Waals surface area (Å²) in [7, 11) is 0. The summed E-state index contributed by atoms with van der Waals surface area (Å²) < 4.78 is 0. The first-order valence-electron chi connectivity index (χ1n) is 7.82. The molecule has 6 nitrogen and oxygen atoms in total. The van der Waals surface area contributed by atoms with Crippen LogP contribution in [0.2, 0.25) is 5.15 Å². The lowest BCUT2D eigenvalue weighted by Gasteiger charge is -2.20. The lowest BCUT2D eigenvalue weighted by molar-refractivity contribution is -0.384. The topological polar surface area (TPSA) is 88.3 Å². The van der Waals surface area contributed by atoms with Gasteiger partial charge in [0.15, 0.2) is 0 Å². The Morgan fingerprint density at radius 1 is 1.29 bits per heavy atom. The Labute approximate surface area is 144 Å². The van der Waals surface area contributed by atoms with Crippen molar-refractivity contribution in [2.24, 2.45) is 0 Å². The summed E-state index contributed by atoms with van der Waals surface area (Å²) >= 11 is 5.77. The van der Waals surface area contributed by atoms with Crippen molar-refractivity contribution in [2.75, 3.05) is 0 Å². The molecule has 2 N–H and O–H groups in total. The Balaban J connectivity index is 1.58. The minimum Gasteiger partial charge on any atom is -0.387 e. The smallest absolute Gasteiger partial charge is 0.269 e. The molecule has 0 radical (unpaired) electrons. The lowest BCUT2D eigenvalue weighted by Crippen LogP contribution is -2.35. The third-order valence-electron chi connectivity index (χ3n) is 4.38. The number of benzene rings is 1. The maximum atomic E-state index is 10.7. The summed E-state index contributed by atoms with van der Waals surface area (Å²) in [6, 6.07) is 10.3. The number of nitro groups is 1. The van der Waals surface area contributed by atoms with E-state index in [2.05, 4.69) is 10.3 Å². The highest BCUT2D eigenvalue weighted by Crippen LogP contribution is 2.27. The zero-order chi connectivity index (χ0) is 17.1. The number of nitrogens with zero attached hydrogens (tertiary/aromatic N) is 2. The average molecular weight is 348 g/mol. The molecule has 1 aromatic carbocycles. The molecule has 1 aliphatic heterocycles. The fourth-order valence-electron chi connectivity index (χ4n) is 3.09. The van der Waals surface area contributed by atoms with E-state index in [1.807, 2.05) is 0 Å². The second-order valence-corrected chi connectivity index (χ2v) is 6.42. The standard InChI is InChI=1S/C17H18ClN3O3/c18-16-8-3-12(10-19-16)17(22)15-7-4-13(20-15)9-11-1-5-14(6-2-11)21(23)24/h1-3,5-6,8,10,13,15,17,20,22H,4,7,9H2/t13-,15+,17+/m0/s1. The number of hydrogen-bond donors (Lipinski definition) is 2. The van der Waals surface area contributed by atoms with Crippen LogP contribution in [0.15, 0.2) is 42.6 Å². The molecule has 7 heteroatoms. The van der Waals surface area contributed by atoms with Gasteiger partial charge in [0, 0.05) is 36.0 Å². The van der Waals surface area contributed by atoms with Crippen molar-refractivity contribution in [3.63, 3.8) is 0 Å². The third-order valence-corrected chi connectivity index (χ3v) is 4.60. The molecule has 0 aliphatic carbocycles. The van der Waals surface area contributed by atoms with Crippen LogP contribution in [-0.4, -0.2) is 27.1 Å². The van der Waals surface area contributed by atoms with Crippen LogP contribution in [0.5, 0.6) is 0 Å². The van der Waals surface area contributed by atoms with Gasteiger partial charge in [-0.3, -0.25) is 10.1 Å². The molecule has 126 valence electrons. The van der Waals surface area contributed by atoms with E-state index < -0.39 is 11.0 Å². The van der Waals surface area contributed by atoms with Gasteiger partial charge >= 0.3 is 0 Å². The second-order valence-electron chi connectivity index (χ2n) is 6.03. The molecule has 0 unspecified atom stereocenters. The number of non-ortho nitro benzene ring substituents is 1. The maximum absolute atomic E-state index is 10.7. The van der Waals surface area contributed by atoms with E-state index in [9.17, 15) is 15.2 Å². The minimum atomic E-state index is -0.628. The summed E-state index contributed by atoms with van der Waals surface area (Å²) in [5, 5.41) is 25.0. The van der Waals surface area contributed by atoms with Crippen molar-refractivity contribution < 1.29 is 10.0 Å². The fraction of sp³-hybridized carbons (Fsp3) is 0.353. The van der Waals surface area contributed by atoms with Gasteiger partial charge < -0.3 is 10.4 Å². The SMILES string of the molecule is O=[N+]([O-])c1ccc(C[C@@H]2CC[C@H]([C@H](O)c3ccc(Cl)nc3)N2)cc1. The number of nitro benzene ring substituents is 1. The molecule has 2 heterocycles.